The van der Waals surface area contributed by atoms with E-state index >= 15 is 0 Å². The van der Waals surface area contributed by atoms with E-state index in [4.69, 9.17) is 0 Å². The van der Waals surface area contributed by atoms with Crippen LogP contribution in [0.3, 0.4) is 0 Å². The van der Waals surface area contributed by atoms with Gasteiger partial charge in [-0.1, -0.05) is 80.1 Å². The summed E-state index contributed by atoms with van der Waals surface area (Å²) in [6.45, 7) is 24.5. The molecule has 0 fully saturated rings. The Bertz CT molecular complexity index is 283. The second-order valence-corrected chi connectivity index (χ2v) is 12.3. The van der Waals surface area contributed by atoms with E-state index in [1.807, 2.05) is 0 Å². The van der Waals surface area contributed by atoms with Gasteiger partial charge < -0.3 is 17.0 Å². The van der Waals surface area contributed by atoms with E-state index in [1.54, 1.807) is 0 Å². The molecule has 0 amide bonds. The molecule has 3 nitrogen and oxygen atoms in total. The summed E-state index contributed by atoms with van der Waals surface area (Å²) in [5.74, 6) is 0. The summed E-state index contributed by atoms with van der Waals surface area (Å²) in [6, 6.07) is 0. The third kappa shape index (κ3) is 12.1. The molecule has 0 aliphatic heterocycles. The molecule has 0 rings (SSSR count). The first-order chi connectivity index (χ1) is 14.1. The quantitative estimate of drug-likeness (QED) is 0.199. The zero-order valence-electron chi connectivity index (χ0n) is 21.9. The Morgan fingerprint density at radius 1 is 0.400 bits per heavy atom. The van der Waals surface area contributed by atoms with Gasteiger partial charge in [0.05, 0.1) is 6.66 Å². The molecule has 0 atom stereocenters. The molecule has 0 heterocycles. The molecule has 0 spiro atoms. The summed E-state index contributed by atoms with van der Waals surface area (Å²) < 4.78 is 8.95. The summed E-state index contributed by atoms with van der Waals surface area (Å²) in [6.07, 6.45) is 15.8. The van der Waals surface area contributed by atoms with Gasteiger partial charge in [0.1, 0.15) is 0 Å². The highest BCUT2D eigenvalue weighted by Crippen LogP contribution is 2.65. The normalized spacial score (nSPS) is 12.2. The molecule has 0 saturated carbocycles. The third-order valence-corrected chi connectivity index (χ3v) is 10.6. The first kappa shape index (κ1) is 33.0. The van der Waals surface area contributed by atoms with Crippen LogP contribution in [0.5, 0.6) is 0 Å². The van der Waals surface area contributed by atoms with Crippen LogP contribution in [0, 0.1) is 0 Å². The standard InChI is InChI=1S/C25H57N3P.BrH/c1-8-14-20-26(21-15-9-2)29(7,27(22-16-10-3)23-17-11-4)28(24-18-12-5)25-19-13-6;/h8-25H2,1-7H3;1H/q+1;/p-1. The summed E-state index contributed by atoms with van der Waals surface area (Å²) in [5.41, 5.74) is 0. The molecule has 0 saturated heterocycles. The zero-order chi connectivity index (χ0) is 22.0. The highest BCUT2D eigenvalue weighted by atomic mass is 79.9. The maximum absolute atomic E-state index is 2.98. The summed E-state index contributed by atoms with van der Waals surface area (Å²) in [5, 5.41) is 0. The smallest absolute Gasteiger partial charge is 0.224 e. The summed E-state index contributed by atoms with van der Waals surface area (Å²) in [4.78, 5) is 0. The van der Waals surface area contributed by atoms with E-state index in [1.165, 1.54) is 116 Å². The maximum atomic E-state index is 2.98. The lowest BCUT2D eigenvalue weighted by atomic mass is 10.3. The minimum Gasteiger partial charge on any atom is -1.00 e. The molecule has 30 heavy (non-hydrogen) atoms. The van der Waals surface area contributed by atoms with Crippen LogP contribution in [0.2, 0.25) is 0 Å². The minimum atomic E-state index is -1.48. The largest absolute Gasteiger partial charge is 1.00 e. The van der Waals surface area contributed by atoms with Crippen molar-refractivity contribution in [2.75, 3.05) is 45.9 Å². The fraction of sp³-hybridized carbons (Fsp3) is 1.00. The van der Waals surface area contributed by atoms with E-state index in [0.29, 0.717) is 0 Å². The van der Waals surface area contributed by atoms with Crippen LogP contribution in [0.15, 0.2) is 0 Å². The van der Waals surface area contributed by atoms with E-state index < -0.39 is 7.71 Å². The number of unbranched alkanes of at least 4 members (excludes halogenated alkanes) is 6. The van der Waals surface area contributed by atoms with E-state index in [9.17, 15) is 0 Å². The molecular formula is C25H57BrN3P. The predicted octanol–water partition coefficient (Wildman–Crippen LogP) is 5.09. The van der Waals surface area contributed by atoms with Crippen molar-refractivity contribution in [3.63, 3.8) is 0 Å². The minimum absolute atomic E-state index is 0. The van der Waals surface area contributed by atoms with Gasteiger partial charge in [0.15, 0.2) is 0 Å². The SMILES string of the molecule is CCCCN(CCCC)[P+](C)(N(CCCC)CCCC)N(CCCC)CCCC.[Br-]. The van der Waals surface area contributed by atoms with Gasteiger partial charge in [0.2, 0.25) is 7.71 Å². The molecule has 0 aromatic carbocycles. The lowest BCUT2D eigenvalue weighted by Crippen LogP contribution is -3.00. The first-order valence-electron chi connectivity index (χ1n) is 13.2. The Morgan fingerprint density at radius 2 is 0.567 bits per heavy atom. The van der Waals surface area contributed by atoms with Crippen molar-refractivity contribution in [3.8, 4) is 0 Å². The van der Waals surface area contributed by atoms with Gasteiger partial charge in [-0.3, -0.25) is 0 Å². The van der Waals surface area contributed by atoms with Crippen LogP contribution >= 0.6 is 7.71 Å². The molecule has 0 aliphatic rings. The van der Waals surface area contributed by atoms with Gasteiger partial charge >= 0.3 is 0 Å². The first-order valence-corrected chi connectivity index (χ1v) is 15.3. The predicted molar refractivity (Wildman–Crippen MR) is 137 cm³/mol. The van der Waals surface area contributed by atoms with E-state index in [-0.39, 0.29) is 17.0 Å². The Hall–Kier alpha value is 0.790. The molecular weight excluding hydrogens is 453 g/mol. The average molecular weight is 511 g/mol. The lowest BCUT2D eigenvalue weighted by Gasteiger charge is -2.46. The number of nitrogens with zero attached hydrogens (tertiary/aromatic N) is 3. The van der Waals surface area contributed by atoms with Crippen LogP contribution < -0.4 is 17.0 Å². The van der Waals surface area contributed by atoms with Crippen molar-refractivity contribution >= 4 is 7.71 Å². The van der Waals surface area contributed by atoms with Gasteiger partial charge in [0, 0.05) is 39.3 Å². The highest BCUT2D eigenvalue weighted by Gasteiger charge is 2.50. The van der Waals surface area contributed by atoms with Crippen molar-refractivity contribution in [2.45, 2.75) is 119 Å². The topological polar surface area (TPSA) is 9.72 Å². The van der Waals surface area contributed by atoms with E-state index in [0.717, 1.165) is 0 Å². The molecule has 184 valence electrons. The molecule has 0 aromatic rings. The Morgan fingerprint density at radius 3 is 0.700 bits per heavy atom. The van der Waals surface area contributed by atoms with Crippen molar-refractivity contribution < 1.29 is 17.0 Å². The summed E-state index contributed by atoms with van der Waals surface area (Å²) in [7, 11) is -1.48. The lowest BCUT2D eigenvalue weighted by molar-refractivity contribution is -0.00000708. The maximum Gasteiger partial charge on any atom is 0.224 e. The monoisotopic (exact) mass is 509 g/mol. The molecule has 5 heteroatoms. The fourth-order valence-electron chi connectivity index (χ4n) is 4.05. The van der Waals surface area contributed by atoms with Crippen molar-refractivity contribution in [1.29, 1.82) is 0 Å². The van der Waals surface area contributed by atoms with Crippen LogP contribution in [-0.4, -0.2) is 59.9 Å². The van der Waals surface area contributed by atoms with Crippen LogP contribution in [0.4, 0.5) is 0 Å². The number of hydrogen-bond acceptors (Lipinski definition) is 3. The summed E-state index contributed by atoms with van der Waals surface area (Å²) >= 11 is 0. The molecule has 0 aliphatic carbocycles. The fourth-order valence-corrected chi connectivity index (χ4v) is 8.25. The van der Waals surface area contributed by atoms with E-state index in [2.05, 4.69) is 62.2 Å². The highest BCUT2D eigenvalue weighted by molar-refractivity contribution is 7.68. The van der Waals surface area contributed by atoms with Crippen LogP contribution in [0.1, 0.15) is 119 Å². The Labute approximate surface area is 203 Å². The molecule has 0 radical (unpaired) electrons. The molecule has 0 N–H and O–H groups in total. The van der Waals surface area contributed by atoms with Gasteiger partial charge in [0.25, 0.3) is 0 Å². The van der Waals surface area contributed by atoms with Gasteiger partial charge in [-0.15, -0.1) is 14.0 Å². The van der Waals surface area contributed by atoms with Crippen LogP contribution in [-0.2, 0) is 0 Å². The Kier molecular flexibility index (Phi) is 23.8. The van der Waals surface area contributed by atoms with Crippen molar-refractivity contribution in [1.82, 2.24) is 14.0 Å². The van der Waals surface area contributed by atoms with Crippen LogP contribution in [0.25, 0.3) is 0 Å². The Balaban J connectivity index is 0. The number of hydrogen-bond donors (Lipinski definition) is 0. The number of rotatable bonds is 21. The molecule has 0 aromatic heterocycles. The van der Waals surface area contributed by atoms with Gasteiger partial charge in [-0.05, 0) is 38.5 Å². The van der Waals surface area contributed by atoms with Crippen molar-refractivity contribution in [3.05, 3.63) is 0 Å². The zero-order valence-corrected chi connectivity index (χ0v) is 24.4. The van der Waals surface area contributed by atoms with Crippen molar-refractivity contribution in [2.24, 2.45) is 0 Å². The van der Waals surface area contributed by atoms with Gasteiger partial charge in [-0.25, -0.2) is 0 Å². The second-order valence-electron chi connectivity index (χ2n) is 8.85. The molecule has 0 bridgehead atoms. The third-order valence-electron chi connectivity index (χ3n) is 6.23. The van der Waals surface area contributed by atoms with Gasteiger partial charge in [-0.2, -0.15) is 0 Å². The second kappa shape index (κ2) is 21.6. The average Bonchev–Trinajstić information content (AvgIpc) is 2.73. The molecule has 0 unspecified atom stereocenters. The number of halogens is 1.